The normalized spacial score (nSPS) is 10.6. The minimum absolute atomic E-state index is 0.0814. The van der Waals surface area contributed by atoms with E-state index in [0.29, 0.717) is 10.9 Å². The number of aliphatic carboxylic acids is 1. The molecule has 25 heavy (non-hydrogen) atoms. The van der Waals surface area contributed by atoms with E-state index < -0.39 is 18.4 Å². The Morgan fingerprint density at radius 2 is 1.88 bits per heavy atom. The summed E-state index contributed by atoms with van der Waals surface area (Å²) in [6.45, 7) is 3.42. The van der Waals surface area contributed by atoms with Crippen LogP contribution in [0.25, 0.3) is 0 Å². The number of amides is 1. The first-order chi connectivity index (χ1) is 11.8. The van der Waals surface area contributed by atoms with Gasteiger partial charge in [0.25, 0.3) is 5.91 Å². The van der Waals surface area contributed by atoms with Crippen molar-refractivity contribution in [3.05, 3.63) is 58.7 Å². The molecule has 0 fully saturated rings. The van der Waals surface area contributed by atoms with Crippen molar-refractivity contribution in [2.24, 2.45) is 0 Å². The van der Waals surface area contributed by atoms with Gasteiger partial charge in [0.2, 0.25) is 5.88 Å². The summed E-state index contributed by atoms with van der Waals surface area (Å²) in [5, 5.41) is 9.68. The van der Waals surface area contributed by atoms with Crippen LogP contribution in [0.2, 0.25) is 5.02 Å². The molecule has 2 rings (SSSR count). The Kier molecular flexibility index (Phi) is 6.36. The molecule has 0 aliphatic heterocycles. The summed E-state index contributed by atoms with van der Waals surface area (Å²) in [5.74, 6) is -1.26. The van der Waals surface area contributed by atoms with Crippen LogP contribution in [0.4, 0.5) is 0 Å². The standard InChI is InChI=1S/C18H19ClN2O4/c1-12(2)25-16-5-3-4-15(20-16)18(24)21(11-17(22)23)10-13-6-8-14(19)9-7-13/h3-9,12H,10-11H2,1-2H3,(H,22,23). The maximum absolute atomic E-state index is 12.7. The third-order valence-corrected chi connectivity index (χ3v) is 3.45. The van der Waals surface area contributed by atoms with E-state index in [-0.39, 0.29) is 18.3 Å². The van der Waals surface area contributed by atoms with Crippen molar-refractivity contribution >= 4 is 23.5 Å². The fourth-order valence-electron chi connectivity index (χ4n) is 2.18. The summed E-state index contributed by atoms with van der Waals surface area (Å²) in [6.07, 6.45) is -0.0814. The Morgan fingerprint density at radius 1 is 1.20 bits per heavy atom. The van der Waals surface area contributed by atoms with E-state index in [2.05, 4.69) is 4.98 Å². The lowest BCUT2D eigenvalue weighted by Crippen LogP contribution is -2.35. The summed E-state index contributed by atoms with van der Waals surface area (Å²) in [5.41, 5.74) is 0.905. The van der Waals surface area contributed by atoms with Crippen molar-refractivity contribution in [2.45, 2.75) is 26.5 Å². The zero-order valence-electron chi connectivity index (χ0n) is 14.0. The molecule has 0 spiro atoms. The third-order valence-electron chi connectivity index (χ3n) is 3.20. The minimum Gasteiger partial charge on any atom is -0.480 e. The number of hydrogen-bond acceptors (Lipinski definition) is 4. The van der Waals surface area contributed by atoms with Gasteiger partial charge in [0.1, 0.15) is 12.2 Å². The lowest BCUT2D eigenvalue weighted by atomic mass is 10.2. The van der Waals surface area contributed by atoms with Gasteiger partial charge in [-0.2, -0.15) is 0 Å². The van der Waals surface area contributed by atoms with E-state index in [9.17, 15) is 9.59 Å². The molecule has 132 valence electrons. The highest BCUT2D eigenvalue weighted by molar-refractivity contribution is 6.30. The van der Waals surface area contributed by atoms with Gasteiger partial charge in [0, 0.05) is 17.6 Å². The van der Waals surface area contributed by atoms with E-state index in [1.54, 1.807) is 36.4 Å². The average Bonchev–Trinajstić information content (AvgIpc) is 2.55. The van der Waals surface area contributed by atoms with Crippen molar-refractivity contribution in [1.82, 2.24) is 9.88 Å². The number of carbonyl (C=O) groups is 2. The predicted octanol–water partition coefficient (Wildman–Crippen LogP) is 3.25. The molecule has 0 saturated heterocycles. The smallest absolute Gasteiger partial charge is 0.323 e. The first-order valence-corrected chi connectivity index (χ1v) is 8.12. The lowest BCUT2D eigenvalue weighted by molar-refractivity contribution is -0.137. The quantitative estimate of drug-likeness (QED) is 0.817. The fourth-order valence-corrected chi connectivity index (χ4v) is 2.30. The van der Waals surface area contributed by atoms with Crippen molar-refractivity contribution in [3.8, 4) is 5.88 Å². The Balaban J connectivity index is 2.23. The summed E-state index contributed by atoms with van der Waals surface area (Å²) in [7, 11) is 0. The molecule has 0 atom stereocenters. The summed E-state index contributed by atoms with van der Waals surface area (Å²) >= 11 is 5.85. The van der Waals surface area contributed by atoms with Crippen LogP contribution in [-0.4, -0.2) is 39.5 Å². The van der Waals surface area contributed by atoms with Gasteiger partial charge in [0.05, 0.1) is 6.10 Å². The number of ether oxygens (including phenoxy) is 1. The molecule has 1 aromatic heterocycles. The summed E-state index contributed by atoms with van der Waals surface area (Å²) < 4.78 is 5.48. The van der Waals surface area contributed by atoms with E-state index in [4.69, 9.17) is 21.4 Å². The van der Waals surface area contributed by atoms with Gasteiger partial charge in [-0.3, -0.25) is 9.59 Å². The number of carboxylic acids is 1. The number of pyridine rings is 1. The number of carbonyl (C=O) groups excluding carboxylic acids is 1. The first-order valence-electron chi connectivity index (χ1n) is 7.74. The zero-order valence-corrected chi connectivity index (χ0v) is 14.7. The molecule has 0 unspecified atom stereocenters. The van der Waals surface area contributed by atoms with E-state index in [1.165, 1.54) is 11.0 Å². The Hall–Kier alpha value is -2.60. The molecule has 6 nitrogen and oxygen atoms in total. The predicted molar refractivity (Wildman–Crippen MR) is 93.8 cm³/mol. The number of rotatable bonds is 7. The van der Waals surface area contributed by atoms with E-state index >= 15 is 0 Å². The molecule has 7 heteroatoms. The second-order valence-corrected chi connectivity index (χ2v) is 6.15. The number of benzene rings is 1. The van der Waals surface area contributed by atoms with Gasteiger partial charge >= 0.3 is 5.97 Å². The highest BCUT2D eigenvalue weighted by atomic mass is 35.5. The highest BCUT2D eigenvalue weighted by Crippen LogP contribution is 2.15. The highest BCUT2D eigenvalue weighted by Gasteiger charge is 2.20. The van der Waals surface area contributed by atoms with Crippen LogP contribution >= 0.6 is 11.6 Å². The van der Waals surface area contributed by atoms with Crippen molar-refractivity contribution in [3.63, 3.8) is 0 Å². The second kappa shape index (κ2) is 8.48. The van der Waals surface area contributed by atoms with Crippen molar-refractivity contribution < 1.29 is 19.4 Å². The molecule has 1 amide bonds. The average molecular weight is 363 g/mol. The number of halogens is 1. The maximum Gasteiger partial charge on any atom is 0.323 e. The minimum atomic E-state index is -1.10. The topological polar surface area (TPSA) is 79.7 Å². The van der Waals surface area contributed by atoms with Crippen molar-refractivity contribution in [1.29, 1.82) is 0 Å². The van der Waals surface area contributed by atoms with Crippen LogP contribution in [0.15, 0.2) is 42.5 Å². The van der Waals surface area contributed by atoms with Crippen LogP contribution in [0.1, 0.15) is 29.9 Å². The van der Waals surface area contributed by atoms with Crippen LogP contribution in [0.3, 0.4) is 0 Å². The largest absolute Gasteiger partial charge is 0.480 e. The third kappa shape index (κ3) is 5.76. The van der Waals surface area contributed by atoms with E-state index in [1.807, 2.05) is 13.8 Å². The molecule has 2 aromatic rings. The number of aromatic nitrogens is 1. The van der Waals surface area contributed by atoms with Crippen LogP contribution in [-0.2, 0) is 11.3 Å². The molecule has 1 aromatic carbocycles. The SMILES string of the molecule is CC(C)Oc1cccc(C(=O)N(CC(=O)O)Cc2ccc(Cl)cc2)n1. The molecular formula is C18H19ClN2O4. The Bertz CT molecular complexity index is 747. The second-order valence-electron chi connectivity index (χ2n) is 5.71. The molecule has 1 heterocycles. The molecular weight excluding hydrogens is 344 g/mol. The number of nitrogens with zero attached hydrogens (tertiary/aromatic N) is 2. The zero-order chi connectivity index (χ0) is 18.4. The van der Waals surface area contributed by atoms with Gasteiger partial charge in [-0.25, -0.2) is 4.98 Å². The fraction of sp³-hybridized carbons (Fsp3) is 0.278. The lowest BCUT2D eigenvalue weighted by Gasteiger charge is -2.21. The van der Waals surface area contributed by atoms with Gasteiger partial charge in [-0.15, -0.1) is 0 Å². The van der Waals surface area contributed by atoms with Crippen LogP contribution in [0.5, 0.6) is 5.88 Å². The van der Waals surface area contributed by atoms with Gasteiger partial charge in [-0.1, -0.05) is 29.8 Å². The van der Waals surface area contributed by atoms with Crippen LogP contribution < -0.4 is 4.74 Å². The van der Waals surface area contributed by atoms with Crippen LogP contribution in [0, 0.1) is 0 Å². The van der Waals surface area contributed by atoms with Gasteiger partial charge < -0.3 is 14.7 Å². The van der Waals surface area contributed by atoms with Crippen molar-refractivity contribution in [2.75, 3.05) is 6.54 Å². The first kappa shape index (κ1) is 18.7. The molecule has 0 bridgehead atoms. The van der Waals surface area contributed by atoms with Gasteiger partial charge in [-0.05, 0) is 37.6 Å². The Labute approximate surface area is 151 Å². The molecule has 1 N–H and O–H groups in total. The molecule has 0 aliphatic carbocycles. The maximum atomic E-state index is 12.7. The number of carboxylic acid groups (broad SMARTS) is 1. The molecule has 0 radical (unpaired) electrons. The summed E-state index contributed by atoms with van der Waals surface area (Å²) in [4.78, 5) is 29.2. The summed E-state index contributed by atoms with van der Waals surface area (Å²) in [6, 6.07) is 11.7. The Morgan fingerprint density at radius 3 is 2.48 bits per heavy atom. The van der Waals surface area contributed by atoms with E-state index in [0.717, 1.165) is 5.56 Å². The monoisotopic (exact) mass is 362 g/mol. The molecule has 0 aliphatic rings. The number of hydrogen-bond donors (Lipinski definition) is 1. The molecule has 0 saturated carbocycles. The van der Waals surface area contributed by atoms with Gasteiger partial charge in [0.15, 0.2) is 0 Å².